The molecule has 0 radical (unpaired) electrons. The van der Waals surface area contributed by atoms with E-state index >= 15 is 0 Å². The van der Waals surface area contributed by atoms with E-state index in [0.717, 1.165) is 10.0 Å². The highest BCUT2D eigenvalue weighted by Crippen LogP contribution is 2.15. The van der Waals surface area contributed by atoms with E-state index in [1.54, 1.807) is 24.9 Å². The average molecular weight is 263 g/mol. The summed E-state index contributed by atoms with van der Waals surface area (Å²) in [7, 11) is 0. The van der Waals surface area contributed by atoms with Gasteiger partial charge in [-0.3, -0.25) is 4.98 Å². The number of hydrogen-bond donors (Lipinski definition) is 0. The summed E-state index contributed by atoms with van der Waals surface area (Å²) < 4.78 is 2.85. The molecule has 0 aliphatic carbocycles. The molecule has 0 atom stereocenters. The van der Waals surface area contributed by atoms with Crippen molar-refractivity contribution in [1.82, 2.24) is 14.5 Å². The lowest BCUT2D eigenvalue weighted by atomic mass is 10.3. The second kappa shape index (κ2) is 4.24. The minimum atomic E-state index is 0.426. The zero-order chi connectivity index (χ0) is 10.7. The van der Waals surface area contributed by atoms with E-state index in [9.17, 15) is 0 Å². The van der Waals surface area contributed by atoms with Gasteiger partial charge in [0.05, 0.1) is 12.9 Å². The first-order chi connectivity index (χ1) is 7.29. The number of halogens is 1. The highest BCUT2D eigenvalue weighted by molar-refractivity contribution is 9.10. The Morgan fingerprint density at radius 3 is 3.07 bits per heavy atom. The standard InChI is InChI=1S/C10H7BrN4/c11-10-1-2-13-4-8(10)5-15-6-9(3-12)14-7-15/h1-2,4,6-7H,5H2. The predicted octanol–water partition coefficient (Wildman–Crippen LogP) is 1.96. The van der Waals surface area contributed by atoms with Gasteiger partial charge in [-0.1, -0.05) is 15.9 Å². The molecule has 5 heteroatoms. The van der Waals surface area contributed by atoms with Gasteiger partial charge in [-0.15, -0.1) is 0 Å². The van der Waals surface area contributed by atoms with Crippen molar-refractivity contribution in [3.05, 3.63) is 46.7 Å². The maximum Gasteiger partial charge on any atom is 0.158 e. The summed E-state index contributed by atoms with van der Waals surface area (Å²) in [5.74, 6) is 0. The van der Waals surface area contributed by atoms with Gasteiger partial charge in [0.2, 0.25) is 0 Å². The molecule has 0 aliphatic heterocycles. The van der Waals surface area contributed by atoms with Crippen LogP contribution in [0.3, 0.4) is 0 Å². The Bertz CT molecular complexity index is 512. The number of aromatic nitrogens is 3. The van der Waals surface area contributed by atoms with Crippen molar-refractivity contribution >= 4 is 15.9 Å². The number of pyridine rings is 1. The molecule has 0 aliphatic rings. The van der Waals surface area contributed by atoms with Crippen LogP contribution >= 0.6 is 15.9 Å². The zero-order valence-corrected chi connectivity index (χ0v) is 9.35. The Morgan fingerprint density at radius 2 is 2.40 bits per heavy atom. The van der Waals surface area contributed by atoms with Crippen LogP contribution in [-0.4, -0.2) is 14.5 Å². The molecule has 0 amide bonds. The third-order valence-electron chi connectivity index (χ3n) is 1.94. The second-order valence-electron chi connectivity index (χ2n) is 3.01. The zero-order valence-electron chi connectivity index (χ0n) is 7.76. The van der Waals surface area contributed by atoms with Gasteiger partial charge in [-0.05, 0) is 6.07 Å². The highest BCUT2D eigenvalue weighted by atomic mass is 79.9. The molecule has 74 valence electrons. The van der Waals surface area contributed by atoms with Gasteiger partial charge < -0.3 is 4.57 Å². The average Bonchev–Trinajstić information content (AvgIpc) is 2.69. The molecule has 0 saturated carbocycles. The monoisotopic (exact) mass is 262 g/mol. The largest absolute Gasteiger partial charge is 0.332 e. The number of rotatable bonds is 2. The molecule has 4 nitrogen and oxygen atoms in total. The summed E-state index contributed by atoms with van der Waals surface area (Å²) in [4.78, 5) is 7.97. The van der Waals surface area contributed by atoms with Gasteiger partial charge in [-0.25, -0.2) is 4.98 Å². The van der Waals surface area contributed by atoms with Gasteiger partial charge in [-0.2, -0.15) is 5.26 Å². The summed E-state index contributed by atoms with van der Waals surface area (Å²) >= 11 is 3.44. The molecule has 2 heterocycles. The van der Waals surface area contributed by atoms with E-state index in [4.69, 9.17) is 5.26 Å². The minimum absolute atomic E-state index is 0.426. The fourth-order valence-corrected chi connectivity index (χ4v) is 1.57. The van der Waals surface area contributed by atoms with Crippen LogP contribution in [0.1, 0.15) is 11.3 Å². The van der Waals surface area contributed by atoms with Gasteiger partial charge in [0.15, 0.2) is 5.69 Å². The first-order valence-corrected chi connectivity index (χ1v) is 5.09. The predicted molar refractivity (Wildman–Crippen MR) is 58.0 cm³/mol. The lowest BCUT2D eigenvalue weighted by Crippen LogP contribution is -1.97. The highest BCUT2D eigenvalue weighted by Gasteiger charge is 2.01. The topological polar surface area (TPSA) is 54.5 Å². The van der Waals surface area contributed by atoms with Crippen molar-refractivity contribution < 1.29 is 0 Å². The molecule has 0 unspecified atom stereocenters. The van der Waals surface area contributed by atoms with E-state index in [-0.39, 0.29) is 0 Å². The Labute approximate surface area is 95.3 Å². The van der Waals surface area contributed by atoms with Crippen LogP contribution in [-0.2, 0) is 6.54 Å². The van der Waals surface area contributed by atoms with Crippen molar-refractivity contribution in [3.63, 3.8) is 0 Å². The van der Waals surface area contributed by atoms with E-state index in [0.29, 0.717) is 12.2 Å². The molecule has 0 bridgehead atoms. The lowest BCUT2D eigenvalue weighted by molar-refractivity contribution is 0.789. The van der Waals surface area contributed by atoms with Crippen molar-refractivity contribution in [2.24, 2.45) is 0 Å². The molecule has 0 aromatic carbocycles. The van der Waals surface area contributed by atoms with E-state index in [2.05, 4.69) is 25.9 Å². The smallest absolute Gasteiger partial charge is 0.158 e. The van der Waals surface area contributed by atoms with Crippen LogP contribution < -0.4 is 0 Å². The minimum Gasteiger partial charge on any atom is -0.332 e. The Balaban J connectivity index is 2.23. The SMILES string of the molecule is N#Cc1cn(Cc2cnccc2Br)cn1. The molecule has 0 N–H and O–H groups in total. The number of nitriles is 1. The summed E-state index contributed by atoms with van der Waals surface area (Å²) in [6.45, 7) is 0.656. The fourth-order valence-electron chi connectivity index (χ4n) is 1.23. The fraction of sp³-hybridized carbons (Fsp3) is 0.100. The molecule has 0 spiro atoms. The van der Waals surface area contributed by atoms with Crippen molar-refractivity contribution in [1.29, 1.82) is 5.26 Å². The molecule has 15 heavy (non-hydrogen) atoms. The summed E-state index contributed by atoms with van der Waals surface area (Å²) in [5, 5.41) is 8.62. The maximum absolute atomic E-state index is 8.62. The Hall–Kier alpha value is -1.67. The first kappa shape index (κ1) is 9.87. The first-order valence-electron chi connectivity index (χ1n) is 4.30. The molecule has 0 saturated heterocycles. The van der Waals surface area contributed by atoms with Gasteiger partial charge in [0, 0.05) is 28.6 Å². The number of hydrogen-bond acceptors (Lipinski definition) is 3. The summed E-state index contributed by atoms with van der Waals surface area (Å²) in [6, 6.07) is 3.87. The van der Waals surface area contributed by atoms with Crippen LogP contribution in [0.15, 0.2) is 35.5 Å². The molecule has 2 aromatic rings. The van der Waals surface area contributed by atoms with Crippen molar-refractivity contribution in [2.75, 3.05) is 0 Å². The van der Waals surface area contributed by atoms with Gasteiger partial charge in [0.1, 0.15) is 6.07 Å². The van der Waals surface area contributed by atoms with Crippen LogP contribution in [0, 0.1) is 11.3 Å². The molecule has 2 rings (SSSR count). The second-order valence-corrected chi connectivity index (χ2v) is 3.86. The molecular weight excluding hydrogens is 256 g/mol. The molecule has 2 aromatic heterocycles. The maximum atomic E-state index is 8.62. The molecular formula is C10H7BrN4. The quantitative estimate of drug-likeness (QED) is 0.832. The van der Waals surface area contributed by atoms with Gasteiger partial charge in [0.25, 0.3) is 0 Å². The van der Waals surface area contributed by atoms with E-state index < -0.39 is 0 Å². The number of nitrogens with zero attached hydrogens (tertiary/aromatic N) is 4. The number of imidazole rings is 1. The van der Waals surface area contributed by atoms with Crippen LogP contribution in [0.4, 0.5) is 0 Å². The van der Waals surface area contributed by atoms with E-state index in [1.165, 1.54) is 0 Å². The summed E-state index contributed by atoms with van der Waals surface area (Å²) in [6.07, 6.45) is 6.86. The lowest BCUT2D eigenvalue weighted by Gasteiger charge is -2.03. The summed E-state index contributed by atoms with van der Waals surface area (Å²) in [5.41, 5.74) is 1.48. The normalized spacial score (nSPS) is 9.87. The van der Waals surface area contributed by atoms with Crippen LogP contribution in [0.5, 0.6) is 0 Å². The van der Waals surface area contributed by atoms with Gasteiger partial charge >= 0.3 is 0 Å². The molecule has 0 fully saturated rings. The van der Waals surface area contributed by atoms with Crippen LogP contribution in [0.2, 0.25) is 0 Å². The third-order valence-corrected chi connectivity index (χ3v) is 2.72. The van der Waals surface area contributed by atoms with Crippen molar-refractivity contribution in [2.45, 2.75) is 6.54 Å². The van der Waals surface area contributed by atoms with Crippen LogP contribution in [0.25, 0.3) is 0 Å². The Morgan fingerprint density at radius 1 is 1.53 bits per heavy atom. The van der Waals surface area contributed by atoms with E-state index in [1.807, 2.05) is 16.7 Å². The van der Waals surface area contributed by atoms with Crippen molar-refractivity contribution in [3.8, 4) is 6.07 Å². The Kier molecular flexibility index (Phi) is 2.79. The third kappa shape index (κ3) is 2.22.